The van der Waals surface area contributed by atoms with Crippen molar-refractivity contribution in [2.45, 2.75) is 24.9 Å². The topological polar surface area (TPSA) is 96.1 Å². The van der Waals surface area contributed by atoms with E-state index in [-0.39, 0.29) is 5.95 Å². The van der Waals surface area contributed by atoms with Crippen molar-refractivity contribution < 1.29 is 5.11 Å². The summed E-state index contributed by atoms with van der Waals surface area (Å²) in [6.07, 6.45) is 2.78. The van der Waals surface area contributed by atoms with E-state index >= 15 is 0 Å². The summed E-state index contributed by atoms with van der Waals surface area (Å²) in [6, 6.07) is 1.76. The van der Waals surface area contributed by atoms with Gasteiger partial charge < -0.3 is 21.5 Å². The maximum atomic E-state index is 9.91. The maximum Gasteiger partial charge on any atom is 0.223 e. The van der Waals surface area contributed by atoms with Crippen molar-refractivity contribution in [3.63, 3.8) is 0 Å². The van der Waals surface area contributed by atoms with Crippen LogP contribution in [0.25, 0.3) is 0 Å². The first-order valence-corrected chi connectivity index (χ1v) is 5.40. The van der Waals surface area contributed by atoms with E-state index in [1.807, 2.05) is 0 Å². The molecule has 1 aliphatic rings. The normalized spacial score (nSPS) is 17.6. The first-order chi connectivity index (χ1) is 7.61. The third-order valence-electron chi connectivity index (χ3n) is 2.88. The zero-order valence-electron chi connectivity index (χ0n) is 9.32. The van der Waals surface area contributed by atoms with Crippen LogP contribution in [0, 0.1) is 0 Å². The number of anilines is 3. The lowest BCUT2D eigenvalue weighted by molar-refractivity contribution is -0.0202. The van der Waals surface area contributed by atoms with Crippen LogP contribution >= 0.6 is 0 Å². The monoisotopic (exact) mass is 223 g/mol. The minimum atomic E-state index is -0.570. The van der Waals surface area contributed by atoms with E-state index in [1.54, 1.807) is 13.1 Å². The fourth-order valence-electron chi connectivity index (χ4n) is 1.70. The molecule has 0 atom stereocenters. The van der Waals surface area contributed by atoms with E-state index in [1.165, 1.54) is 0 Å². The average molecular weight is 223 g/mol. The van der Waals surface area contributed by atoms with E-state index in [4.69, 9.17) is 5.73 Å². The third-order valence-corrected chi connectivity index (χ3v) is 2.88. The van der Waals surface area contributed by atoms with Gasteiger partial charge in [-0.2, -0.15) is 9.97 Å². The molecule has 1 aromatic heterocycles. The lowest BCUT2D eigenvalue weighted by Gasteiger charge is -2.36. The number of aliphatic hydroxyl groups is 1. The highest BCUT2D eigenvalue weighted by Crippen LogP contribution is 2.31. The molecule has 5 N–H and O–H groups in total. The smallest absolute Gasteiger partial charge is 0.223 e. The summed E-state index contributed by atoms with van der Waals surface area (Å²) in [5.41, 5.74) is 4.99. The Morgan fingerprint density at radius 3 is 2.69 bits per heavy atom. The van der Waals surface area contributed by atoms with Crippen LogP contribution in [0.5, 0.6) is 0 Å². The lowest BCUT2D eigenvalue weighted by atomic mass is 9.80. The predicted molar refractivity (Wildman–Crippen MR) is 63.3 cm³/mol. The Balaban J connectivity index is 2.00. The summed E-state index contributed by atoms with van der Waals surface area (Å²) < 4.78 is 0. The van der Waals surface area contributed by atoms with Gasteiger partial charge in [0.1, 0.15) is 11.6 Å². The highest BCUT2D eigenvalue weighted by Gasteiger charge is 2.34. The summed E-state index contributed by atoms with van der Waals surface area (Å²) in [7, 11) is 1.77. The second-order valence-corrected chi connectivity index (χ2v) is 4.18. The van der Waals surface area contributed by atoms with Crippen molar-refractivity contribution >= 4 is 17.6 Å². The third kappa shape index (κ3) is 2.33. The van der Waals surface area contributed by atoms with Gasteiger partial charge in [0.25, 0.3) is 0 Å². The van der Waals surface area contributed by atoms with Gasteiger partial charge in [-0.25, -0.2) is 0 Å². The predicted octanol–water partition coefficient (Wildman–Crippen LogP) is 0.427. The first-order valence-electron chi connectivity index (χ1n) is 5.40. The lowest BCUT2D eigenvalue weighted by Crippen LogP contribution is -2.43. The number of hydrogen-bond acceptors (Lipinski definition) is 6. The van der Waals surface area contributed by atoms with Gasteiger partial charge in [-0.05, 0) is 19.3 Å². The van der Waals surface area contributed by atoms with Crippen LogP contribution < -0.4 is 16.4 Å². The molecule has 0 radical (unpaired) electrons. The van der Waals surface area contributed by atoms with Gasteiger partial charge in [0.15, 0.2) is 0 Å². The zero-order valence-corrected chi connectivity index (χ0v) is 9.32. The van der Waals surface area contributed by atoms with Gasteiger partial charge in [-0.15, -0.1) is 0 Å². The summed E-state index contributed by atoms with van der Waals surface area (Å²) in [6.45, 7) is 0.507. The number of nitrogens with one attached hydrogen (secondary N) is 2. The van der Waals surface area contributed by atoms with Gasteiger partial charge in [-0.3, -0.25) is 0 Å². The van der Waals surface area contributed by atoms with Gasteiger partial charge in [-0.1, -0.05) is 0 Å². The number of aromatic nitrogens is 2. The number of nitrogens with zero attached hydrogens (tertiary/aromatic N) is 2. The van der Waals surface area contributed by atoms with Crippen LogP contribution in [0.4, 0.5) is 17.6 Å². The fraction of sp³-hybridized carbons (Fsp3) is 0.600. The molecule has 6 heteroatoms. The molecule has 88 valence electrons. The Morgan fingerprint density at radius 1 is 1.44 bits per heavy atom. The van der Waals surface area contributed by atoms with Crippen molar-refractivity contribution in [3.8, 4) is 0 Å². The van der Waals surface area contributed by atoms with E-state index < -0.39 is 5.60 Å². The van der Waals surface area contributed by atoms with Gasteiger partial charge in [0.05, 0.1) is 5.60 Å². The Hall–Kier alpha value is -1.56. The summed E-state index contributed by atoms with van der Waals surface area (Å²) in [5, 5.41) is 15.9. The molecule has 0 spiro atoms. The molecule has 0 saturated heterocycles. The molecule has 0 bridgehead atoms. The standard InChI is InChI=1S/C10H17N5O/c1-12-7-5-8(15-9(11)14-7)13-6-10(16)3-2-4-10/h5,16H,2-4,6H2,1H3,(H4,11,12,13,14,15). The molecule has 1 heterocycles. The molecule has 16 heavy (non-hydrogen) atoms. The van der Waals surface area contributed by atoms with Crippen LogP contribution in [0.2, 0.25) is 0 Å². The van der Waals surface area contributed by atoms with Crippen LogP contribution in [0.15, 0.2) is 6.07 Å². The second-order valence-electron chi connectivity index (χ2n) is 4.18. The SMILES string of the molecule is CNc1cc(NCC2(O)CCC2)nc(N)n1. The number of nitrogens with two attached hydrogens (primary N) is 1. The Labute approximate surface area is 94.3 Å². The average Bonchev–Trinajstić information content (AvgIpc) is 2.23. The quantitative estimate of drug-likeness (QED) is 0.591. The van der Waals surface area contributed by atoms with E-state index in [0.717, 1.165) is 19.3 Å². The van der Waals surface area contributed by atoms with E-state index in [0.29, 0.717) is 18.2 Å². The Bertz CT molecular complexity index is 377. The molecule has 1 fully saturated rings. The first kappa shape index (κ1) is 10.9. The van der Waals surface area contributed by atoms with Gasteiger partial charge in [0.2, 0.25) is 5.95 Å². The summed E-state index contributed by atoms with van der Waals surface area (Å²) >= 11 is 0. The minimum absolute atomic E-state index is 0.218. The largest absolute Gasteiger partial charge is 0.388 e. The summed E-state index contributed by atoms with van der Waals surface area (Å²) in [5.74, 6) is 1.52. The van der Waals surface area contributed by atoms with Crippen molar-refractivity contribution in [1.82, 2.24) is 9.97 Å². The molecule has 0 amide bonds. The molecule has 0 unspecified atom stereocenters. The summed E-state index contributed by atoms with van der Waals surface area (Å²) in [4.78, 5) is 8.03. The number of hydrogen-bond donors (Lipinski definition) is 4. The van der Waals surface area contributed by atoms with Crippen molar-refractivity contribution in [2.75, 3.05) is 30.0 Å². The maximum absolute atomic E-state index is 9.91. The van der Waals surface area contributed by atoms with E-state index in [2.05, 4.69) is 20.6 Å². The molecule has 1 saturated carbocycles. The van der Waals surface area contributed by atoms with Crippen molar-refractivity contribution in [3.05, 3.63) is 6.07 Å². The minimum Gasteiger partial charge on any atom is -0.388 e. The second kappa shape index (κ2) is 4.13. The molecule has 6 nitrogen and oxygen atoms in total. The van der Waals surface area contributed by atoms with E-state index in [9.17, 15) is 5.11 Å². The van der Waals surface area contributed by atoms with Gasteiger partial charge in [0, 0.05) is 19.7 Å². The molecular weight excluding hydrogens is 206 g/mol. The molecule has 0 aliphatic heterocycles. The van der Waals surface area contributed by atoms with Crippen LogP contribution in [0.1, 0.15) is 19.3 Å². The van der Waals surface area contributed by atoms with Crippen molar-refractivity contribution in [2.24, 2.45) is 0 Å². The number of nitrogen functional groups attached to an aromatic ring is 1. The number of rotatable bonds is 4. The molecule has 1 aromatic rings. The molecule has 1 aliphatic carbocycles. The highest BCUT2D eigenvalue weighted by atomic mass is 16.3. The van der Waals surface area contributed by atoms with Gasteiger partial charge >= 0.3 is 0 Å². The van der Waals surface area contributed by atoms with Crippen LogP contribution in [-0.4, -0.2) is 34.3 Å². The Morgan fingerprint density at radius 2 is 2.12 bits per heavy atom. The van der Waals surface area contributed by atoms with Crippen LogP contribution in [-0.2, 0) is 0 Å². The highest BCUT2D eigenvalue weighted by molar-refractivity contribution is 5.50. The fourth-order valence-corrected chi connectivity index (χ4v) is 1.70. The van der Waals surface area contributed by atoms with Crippen LogP contribution in [0.3, 0.4) is 0 Å². The molecular formula is C10H17N5O. The molecule has 0 aromatic carbocycles. The Kier molecular flexibility index (Phi) is 2.82. The zero-order chi connectivity index (χ0) is 11.6. The molecule has 2 rings (SSSR count). The van der Waals surface area contributed by atoms with Crippen molar-refractivity contribution in [1.29, 1.82) is 0 Å².